The predicted octanol–water partition coefficient (Wildman–Crippen LogP) is 3.07. The van der Waals surface area contributed by atoms with E-state index in [1.54, 1.807) is 18.2 Å². The number of carboxylic acids is 1. The fourth-order valence-corrected chi connectivity index (χ4v) is 3.46. The second kappa shape index (κ2) is 5.71. The molecule has 80 valence electrons. The van der Waals surface area contributed by atoms with Gasteiger partial charge in [-0.1, -0.05) is 12.2 Å². The number of rotatable bonds is 2. The van der Waals surface area contributed by atoms with E-state index in [9.17, 15) is 4.79 Å². The van der Waals surface area contributed by atoms with Gasteiger partial charge in [0.1, 0.15) is 0 Å². The fourth-order valence-electron chi connectivity index (χ4n) is 1.36. The third-order valence-corrected chi connectivity index (χ3v) is 4.58. The average Bonchev–Trinajstić information content (AvgIpc) is 2.71. The Morgan fingerprint density at radius 2 is 1.88 bits per heavy atom. The van der Waals surface area contributed by atoms with Crippen LogP contribution in [0.1, 0.15) is 10.4 Å². The van der Waals surface area contributed by atoms with Gasteiger partial charge < -0.3 is 5.11 Å². The van der Waals surface area contributed by atoms with Crippen molar-refractivity contribution in [3.63, 3.8) is 0 Å². The minimum atomic E-state index is -0.897. The molecule has 1 heterocycles. The Labute approximate surface area is 115 Å². The standard InChI is InChI=1S/C11H10O2S2.Zn/c12-11(13)8-3-4-9(14)10(7-8)15-5-1-2-6-15;/h1-7,14-15H,(H,12,13);. The van der Waals surface area contributed by atoms with Crippen molar-refractivity contribution < 1.29 is 29.4 Å². The van der Waals surface area contributed by atoms with Crippen LogP contribution in [0.4, 0.5) is 0 Å². The Morgan fingerprint density at radius 3 is 2.44 bits per heavy atom. The first-order valence-electron chi connectivity index (χ1n) is 4.38. The van der Waals surface area contributed by atoms with Crippen LogP contribution in [-0.2, 0) is 19.5 Å². The first kappa shape index (κ1) is 13.6. The second-order valence-corrected chi connectivity index (χ2v) is 5.47. The van der Waals surface area contributed by atoms with Crippen LogP contribution in [-0.4, -0.2) is 11.1 Å². The van der Waals surface area contributed by atoms with Crippen molar-refractivity contribution >= 4 is 29.5 Å². The van der Waals surface area contributed by atoms with E-state index < -0.39 is 16.9 Å². The second-order valence-electron chi connectivity index (χ2n) is 3.10. The van der Waals surface area contributed by atoms with Gasteiger partial charge in [0.25, 0.3) is 0 Å². The van der Waals surface area contributed by atoms with Crippen LogP contribution < -0.4 is 0 Å². The van der Waals surface area contributed by atoms with E-state index in [0.717, 1.165) is 9.79 Å². The number of thiol groups is 2. The largest absolute Gasteiger partial charge is 0.478 e. The van der Waals surface area contributed by atoms with Crippen LogP contribution in [0.25, 0.3) is 0 Å². The molecule has 0 saturated carbocycles. The maximum atomic E-state index is 10.8. The molecule has 1 aliphatic rings. The topological polar surface area (TPSA) is 37.3 Å². The zero-order chi connectivity index (χ0) is 10.8. The molecule has 0 radical (unpaired) electrons. The first-order chi connectivity index (χ1) is 7.18. The molecule has 1 aromatic rings. The van der Waals surface area contributed by atoms with E-state index in [1.807, 2.05) is 12.2 Å². The van der Waals surface area contributed by atoms with Crippen LogP contribution in [0.15, 0.2) is 51.0 Å². The summed E-state index contributed by atoms with van der Waals surface area (Å²) >= 11 is 4.34. The molecule has 0 saturated heterocycles. The monoisotopic (exact) mass is 302 g/mol. The van der Waals surface area contributed by atoms with Gasteiger partial charge in [0, 0.05) is 29.3 Å². The maximum absolute atomic E-state index is 10.8. The quantitative estimate of drug-likeness (QED) is 0.580. The minimum absolute atomic E-state index is 0. The molecule has 1 aliphatic heterocycles. The Kier molecular flexibility index (Phi) is 4.84. The van der Waals surface area contributed by atoms with Gasteiger partial charge >= 0.3 is 5.97 Å². The van der Waals surface area contributed by atoms with Gasteiger partial charge in [-0.05, 0) is 29.0 Å². The summed E-state index contributed by atoms with van der Waals surface area (Å²) in [6.07, 6.45) is 3.96. The molecule has 2 rings (SSSR count). The van der Waals surface area contributed by atoms with Gasteiger partial charge in [0.05, 0.1) is 5.56 Å². The maximum Gasteiger partial charge on any atom is 0.335 e. The van der Waals surface area contributed by atoms with Crippen LogP contribution in [0.2, 0.25) is 0 Å². The van der Waals surface area contributed by atoms with Gasteiger partial charge in [0.15, 0.2) is 0 Å². The number of carbonyl (C=O) groups is 1. The Morgan fingerprint density at radius 1 is 1.25 bits per heavy atom. The first-order valence-corrected chi connectivity index (χ1v) is 6.31. The summed E-state index contributed by atoms with van der Waals surface area (Å²) in [6.45, 7) is 0. The molecule has 1 N–H and O–H groups in total. The van der Waals surface area contributed by atoms with E-state index >= 15 is 0 Å². The van der Waals surface area contributed by atoms with E-state index in [4.69, 9.17) is 5.11 Å². The van der Waals surface area contributed by atoms with E-state index in [1.165, 1.54) is 0 Å². The van der Waals surface area contributed by atoms with Gasteiger partial charge in [-0.2, -0.15) is 10.9 Å². The Hall–Kier alpha value is -0.507. The van der Waals surface area contributed by atoms with Crippen LogP contribution >= 0.6 is 23.5 Å². The average molecular weight is 304 g/mol. The van der Waals surface area contributed by atoms with Crippen molar-refractivity contribution in [2.45, 2.75) is 9.79 Å². The molecule has 5 heteroatoms. The SMILES string of the molecule is O=C(O)c1ccc(S)c([SH]2C=CC=C2)c1.[Zn]. The zero-order valence-corrected chi connectivity index (χ0v) is 13.3. The summed E-state index contributed by atoms with van der Waals surface area (Å²) in [5.74, 6) is -0.897. The van der Waals surface area contributed by atoms with Crippen LogP contribution in [0, 0.1) is 0 Å². The van der Waals surface area contributed by atoms with Crippen molar-refractivity contribution in [3.05, 3.63) is 46.7 Å². The number of hydrogen-bond acceptors (Lipinski definition) is 2. The summed E-state index contributed by atoms with van der Waals surface area (Å²) in [7, 11) is -0.503. The van der Waals surface area contributed by atoms with E-state index in [2.05, 4.69) is 23.4 Å². The molecule has 16 heavy (non-hydrogen) atoms. The Balaban J connectivity index is 0.00000128. The molecule has 1 aromatic carbocycles. The van der Waals surface area contributed by atoms with Gasteiger partial charge in [-0.3, -0.25) is 0 Å². The third kappa shape index (κ3) is 2.79. The van der Waals surface area contributed by atoms with Crippen LogP contribution in [0.5, 0.6) is 0 Å². The number of carboxylic acid groups (broad SMARTS) is 1. The summed E-state index contributed by atoms with van der Waals surface area (Å²) in [4.78, 5) is 12.7. The minimum Gasteiger partial charge on any atom is -0.478 e. The summed E-state index contributed by atoms with van der Waals surface area (Å²) in [6, 6.07) is 5.02. The van der Waals surface area contributed by atoms with Crippen molar-refractivity contribution in [1.29, 1.82) is 0 Å². The van der Waals surface area contributed by atoms with Crippen LogP contribution in [0.3, 0.4) is 0 Å². The molecule has 0 spiro atoms. The predicted molar refractivity (Wildman–Crippen MR) is 66.2 cm³/mol. The van der Waals surface area contributed by atoms with E-state index in [0.29, 0.717) is 5.56 Å². The van der Waals surface area contributed by atoms with Crippen molar-refractivity contribution in [3.8, 4) is 0 Å². The third-order valence-electron chi connectivity index (χ3n) is 2.10. The van der Waals surface area contributed by atoms with Gasteiger partial charge in [-0.15, -0.1) is 12.6 Å². The Bertz CT molecular complexity index is 457. The summed E-state index contributed by atoms with van der Waals surface area (Å²) < 4.78 is 0. The van der Waals surface area contributed by atoms with Gasteiger partial charge in [-0.25, -0.2) is 4.79 Å². The molecule has 0 bridgehead atoms. The molecule has 0 atom stereocenters. The van der Waals surface area contributed by atoms with Crippen molar-refractivity contribution in [2.24, 2.45) is 0 Å². The molecule has 0 fully saturated rings. The normalized spacial score (nSPS) is 14.9. The number of aromatic carboxylic acids is 1. The number of benzene rings is 1. The zero-order valence-electron chi connectivity index (χ0n) is 8.50. The van der Waals surface area contributed by atoms with E-state index in [-0.39, 0.29) is 19.5 Å². The molecular formula is C11H10O2S2Zn. The molecule has 2 nitrogen and oxygen atoms in total. The molecular weight excluding hydrogens is 294 g/mol. The van der Waals surface area contributed by atoms with Gasteiger partial charge in [0.2, 0.25) is 0 Å². The number of hydrogen-bond donors (Lipinski definition) is 3. The van der Waals surface area contributed by atoms with Crippen molar-refractivity contribution in [2.75, 3.05) is 0 Å². The molecule has 0 unspecified atom stereocenters. The molecule has 0 aliphatic carbocycles. The summed E-state index contributed by atoms with van der Waals surface area (Å²) in [5.41, 5.74) is 0.319. The fraction of sp³-hybridized carbons (Fsp3) is 0. The molecule has 0 amide bonds. The van der Waals surface area contributed by atoms with Crippen molar-refractivity contribution in [1.82, 2.24) is 0 Å². The summed E-state index contributed by atoms with van der Waals surface area (Å²) in [5, 5.41) is 13.0. The number of allylic oxidation sites excluding steroid dienone is 2. The molecule has 0 aromatic heterocycles. The smallest absolute Gasteiger partial charge is 0.335 e.